The van der Waals surface area contributed by atoms with Crippen LogP contribution in [0.25, 0.3) is 0 Å². The fourth-order valence-electron chi connectivity index (χ4n) is 4.55. The molecule has 9 heteroatoms. The maximum Gasteiger partial charge on any atom is 0.472 e. The lowest BCUT2D eigenvalue weighted by Gasteiger charge is -2.20. The molecule has 43 heavy (non-hydrogen) atoms. The molecule has 0 fully saturated rings. The fraction of sp³-hybridized carbons (Fsp3) is 0.853. The highest BCUT2D eigenvalue weighted by Gasteiger charge is 2.25. The van der Waals surface area contributed by atoms with Crippen molar-refractivity contribution >= 4 is 13.8 Å². The number of nitrogens with two attached hydrogens (primary N) is 1. The third-order valence-corrected chi connectivity index (χ3v) is 8.11. The smallest absolute Gasteiger partial charge is 0.457 e. The van der Waals surface area contributed by atoms with Crippen LogP contribution in [-0.2, 0) is 27.9 Å². The van der Waals surface area contributed by atoms with Crippen LogP contribution in [-0.4, -0.2) is 49.9 Å². The van der Waals surface area contributed by atoms with Gasteiger partial charge in [-0.2, -0.15) is 0 Å². The first-order valence-corrected chi connectivity index (χ1v) is 18.8. The second-order valence-electron chi connectivity index (χ2n) is 11.4. The molecular formula is C34H66NO7P. The van der Waals surface area contributed by atoms with Crippen molar-refractivity contribution in [3.05, 3.63) is 24.3 Å². The predicted molar refractivity (Wildman–Crippen MR) is 178 cm³/mol. The van der Waals surface area contributed by atoms with Gasteiger partial charge < -0.3 is 20.1 Å². The molecular weight excluding hydrogens is 565 g/mol. The lowest BCUT2D eigenvalue weighted by molar-refractivity contribution is -0.154. The number of phosphoric ester groups is 1. The van der Waals surface area contributed by atoms with Gasteiger partial charge in [-0.05, 0) is 44.9 Å². The van der Waals surface area contributed by atoms with Gasteiger partial charge in [0.1, 0.15) is 6.10 Å². The summed E-state index contributed by atoms with van der Waals surface area (Å²) in [6.45, 7) is 4.79. The van der Waals surface area contributed by atoms with E-state index < -0.39 is 13.9 Å². The topological polar surface area (TPSA) is 117 Å². The summed E-state index contributed by atoms with van der Waals surface area (Å²) < 4.78 is 33.0. The standard InChI is InChI=1S/C34H66NO7P/c1-3-5-7-9-10-11-12-13-14-15-16-17-18-19-20-21-22-24-26-29-39-31-33(32-41-43(37,38)40-30-28-35)42-34(36)27-25-23-8-6-4-2/h11-12,14-15,33H,3-10,13,16-32,35H2,1-2H3,(H,37,38)/b12-11-,15-14-. The SMILES string of the molecule is CCCCCC/C=C\C/C=C\CCCCCCCCCCOCC(COP(=O)(O)OCCN)OC(=O)CCCCCCC. The maximum absolute atomic E-state index is 12.3. The van der Waals surface area contributed by atoms with Crippen molar-refractivity contribution in [2.45, 2.75) is 155 Å². The van der Waals surface area contributed by atoms with E-state index in [2.05, 4.69) is 38.2 Å². The Morgan fingerprint density at radius 3 is 1.84 bits per heavy atom. The van der Waals surface area contributed by atoms with E-state index in [9.17, 15) is 14.3 Å². The molecule has 2 unspecified atom stereocenters. The third-order valence-electron chi connectivity index (χ3n) is 7.12. The van der Waals surface area contributed by atoms with Crippen molar-refractivity contribution in [2.24, 2.45) is 5.73 Å². The van der Waals surface area contributed by atoms with Gasteiger partial charge in [0.05, 0.1) is 19.8 Å². The van der Waals surface area contributed by atoms with Gasteiger partial charge >= 0.3 is 13.8 Å². The average molecular weight is 632 g/mol. The number of esters is 1. The van der Waals surface area contributed by atoms with Crippen molar-refractivity contribution < 1.29 is 32.8 Å². The number of carbonyl (C=O) groups excluding carboxylic acids is 1. The summed E-state index contributed by atoms with van der Waals surface area (Å²) in [7, 11) is -4.25. The van der Waals surface area contributed by atoms with Gasteiger partial charge in [0.15, 0.2) is 0 Å². The number of allylic oxidation sites excluding steroid dienone is 4. The molecule has 0 aliphatic rings. The van der Waals surface area contributed by atoms with Gasteiger partial charge in [0, 0.05) is 19.6 Å². The zero-order valence-electron chi connectivity index (χ0n) is 27.7. The molecule has 0 aromatic carbocycles. The summed E-state index contributed by atoms with van der Waals surface area (Å²) in [5, 5.41) is 0. The molecule has 0 saturated heterocycles. The lowest BCUT2D eigenvalue weighted by atomic mass is 10.1. The van der Waals surface area contributed by atoms with Crippen LogP contribution in [0.3, 0.4) is 0 Å². The number of rotatable bonds is 33. The van der Waals surface area contributed by atoms with Crippen molar-refractivity contribution in [1.82, 2.24) is 0 Å². The Balaban J connectivity index is 3.93. The number of hydrogen-bond donors (Lipinski definition) is 2. The molecule has 8 nitrogen and oxygen atoms in total. The first kappa shape index (κ1) is 42.0. The summed E-state index contributed by atoms with van der Waals surface area (Å²) in [5.41, 5.74) is 5.32. The quantitative estimate of drug-likeness (QED) is 0.0318. The Morgan fingerprint density at radius 1 is 0.698 bits per heavy atom. The number of phosphoric acid groups is 1. The summed E-state index contributed by atoms with van der Waals surface area (Å²) in [5.74, 6) is -0.346. The second kappa shape index (κ2) is 32.4. The van der Waals surface area contributed by atoms with E-state index >= 15 is 0 Å². The molecule has 0 aromatic heterocycles. The molecule has 0 bridgehead atoms. The zero-order chi connectivity index (χ0) is 31.7. The van der Waals surface area contributed by atoms with E-state index in [-0.39, 0.29) is 32.3 Å². The van der Waals surface area contributed by atoms with Crippen LogP contribution < -0.4 is 5.73 Å². The minimum Gasteiger partial charge on any atom is -0.457 e. The van der Waals surface area contributed by atoms with Gasteiger partial charge in [0.25, 0.3) is 0 Å². The highest BCUT2D eigenvalue weighted by molar-refractivity contribution is 7.47. The summed E-state index contributed by atoms with van der Waals surface area (Å²) in [4.78, 5) is 22.0. The van der Waals surface area contributed by atoms with Crippen molar-refractivity contribution in [3.63, 3.8) is 0 Å². The number of carbonyl (C=O) groups is 1. The largest absolute Gasteiger partial charge is 0.472 e. The third kappa shape index (κ3) is 32.2. The number of unbranched alkanes of at least 4 members (excludes halogenated alkanes) is 16. The monoisotopic (exact) mass is 631 g/mol. The van der Waals surface area contributed by atoms with Crippen LogP contribution in [0.15, 0.2) is 24.3 Å². The molecule has 0 spiro atoms. The Bertz CT molecular complexity index is 717. The van der Waals surface area contributed by atoms with E-state index in [1.54, 1.807) is 0 Å². The molecule has 0 heterocycles. The second-order valence-corrected chi connectivity index (χ2v) is 12.8. The minimum absolute atomic E-state index is 0.0960. The van der Waals surface area contributed by atoms with Crippen molar-refractivity contribution in [2.75, 3.05) is 33.0 Å². The van der Waals surface area contributed by atoms with Crippen LogP contribution in [0.2, 0.25) is 0 Å². The minimum atomic E-state index is -4.25. The molecule has 3 N–H and O–H groups in total. The summed E-state index contributed by atoms with van der Waals surface area (Å²) in [6.07, 6.45) is 32.3. The van der Waals surface area contributed by atoms with Crippen LogP contribution >= 0.6 is 7.82 Å². The predicted octanol–water partition coefficient (Wildman–Crippen LogP) is 9.35. The Hall–Kier alpha value is -1.02. The van der Waals surface area contributed by atoms with Gasteiger partial charge in [-0.15, -0.1) is 0 Å². The van der Waals surface area contributed by atoms with Gasteiger partial charge in [-0.25, -0.2) is 4.57 Å². The molecule has 0 radical (unpaired) electrons. The lowest BCUT2D eigenvalue weighted by Crippen LogP contribution is -2.28. The van der Waals surface area contributed by atoms with Crippen molar-refractivity contribution in [1.29, 1.82) is 0 Å². The van der Waals surface area contributed by atoms with E-state index in [0.717, 1.165) is 51.4 Å². The van der Waals surface area contributed by atoms with E-state index in [0.29, 0.717) is 13.0 Å². The number of hydrogen-bond acceptors (Lipinski definition) is 7. The van der Waals surface area contributed by atoms with Gasteiger partial charge in [-0.3, -0.25) is 13.8 Å². The van der Waals surface area contributed by atoms with Crippen molar-refractivity contribution in [3.8, 4) is 0 Å². The Morgan fingerprint density at radius 2 is 1.23 bits per heavy atom. The van der Waals surface area contributed by atoms with E-state index in [1.165, 1.54) is 77.0 Å². The van der Waals surface area contributed by atoms with Crippen LogP contribution in [0, 0.1) is 0 Å². The molecule has 0 aliphatic carbocycles. The van der Waals surface area contributed by atoms with Crippen LogP contribution in [0.1, 0.15) is 149 Å². The van der Waals surface area contributed by atoms with Gasteiger partial charge in [-0.1, -0.05) is 122 Å². The molecule has 2 atom stereocenters. The number of ether oxygens (including phenoxy) is 2. The Labute approximate surface area is 264 Å². The average Bonchev–Trinajstić information content (AvgIpc) is 2.99. The first-order chi connectivity index (χ1) is 20.9. The Kier molecular flexibility index (Phi) is 31.6. The van der Waals surface area contributed by atoms with Crippen LogP contribution in [0.4, 0.5) is 0 Å². The molecule has 0 amide bonds. The summed E-state index contributed by atoms with van der Waals surface area (Å²) in [6, 6.07) is 0. The van der Waals surface area contributed by atoms with Gasteiger partial charge in [0.2, 0.25) is 0 Å². The first-order valence-electron chi connectivity index (χ1n) is 17.3. The fourth-order valence-corrected chi connectivity index (χ4v) is 5.32. The molecule has 0 aromatic rings. The molecule has 254 valence electrons. The zero-order valence-corrected chi connectivity index (χ0v) is 28.6. The van der Waals surface area contributed by atoms with Crippen LogP contribution in [0.5, 0.6) is 0 Å². The summed E-state index contributed by atoms with van der Waals surface area (Å²) >= 11 is 0. The van der Waals surface area contributed by atoms with E-state index in [1.807, 2.05) is 0 Å². The normalized spacial score (nSPS) is 14.0. The maximum atomic E-state index is 12.3. The van der Waals surface area contributed by atoms with E-state index in [4.69, 9.17) is 24.3 Å². The molecule has 0 rings (SSSR count). The molecule has 0 saturated carbocycles. The highest BCUT2D eigenvalue weighted by atomic mass is 31.2. The highest BCUT2D eigenvalue weighted by Crippen LogP contribution is 2.43. The molecule has 0 aliphatic heterocycles.